The molecule has 1 unspecified atom stereocenters. The molecule has 92 valence electrons. The molecule has 3 heteroatoms. The first-order valence-corrected chi connectivity index (χ1v) is 6.54. The molecular formula is C13H23NO2. The van der Waals surface area contributed by atoms with Gasteiger partial charge in [0.05, 0.1) is 5.60 Å². The molecule has 2 aliphatic rings. The summed E-state index contributed by atoms with van der Waals surface area (Å²) >= 11 is 0. The molecule has 16 heavy (non-hydrogen) atoms. The summed E-state index contributed by atoms with van der Waals surface area (Å²) in [6.07, 6.45) is 5.07. The molecular weight excluding hydrogens is 202 g/mol. The molecule has 1 atom stereocenters. The smallest absolute Gasteiger partial charge is 0.225 e. The highest BCUT2D eigenvalue weighted by molar-refractivity contribution is 5.79. The van der Waals surface area contributed by atoms with Crippen molar-refractivity contribution in [1.29, 1.82) is 0 Å². The van der Waals surface area contributed by atoms with E-state index < -0.39 is 5.60 Å². The van der Waals surface area contributed by atoms with Gasteiger partial charge in [0.15, 0.2) is 0 Å². The third-order valence-corrected chi connectivity index (χ3v) is 4.34. The Morgan fingerprint density at radius 1 is 1.38 bits per heavy atom. The molecule has 2 rings (SSSR count). The number of carbonyl (C=O) groups is 1. The molecule has 1 saturated heterocycles. The van der Waals surface area contributed by atoms with Crippen LogP contribution in [-0.2, 0) is 4.79 Å². The van der Waals surface area contributed by atoms with Crippen LogP contribution < -0.4 is 0 Å². The normalized spacial score (nSPS) is 31.6. The SMILES string of the molecule is CC(C)C1(O)CCCN(C(=O)C2CCC2)C1. The summed E-state index contributed by atoms with van der Waals surface area (Å²) in [7, 11) is 0. The molecule has 2 fully saturated rings. The number of nitrogens with zero attached hydrogens (tertiary/aromatic N) is 1. The van der Waals surface area contributed by atoms with Crippen LogP contribution in [0.3, 0.4) is 0 Å². The average Bonchev–Trinajstić information content (AvgIpc) is 2.15. The second-order valence-corrected chi connectivity index (χ2v) is 5.75. The van der Waals surface area contributed by atoms with Crippen LogP contribution in [0.2, 0.25) is 0 Å². The molecule has 1 heterocycles. The molecule has 1 saturated carbocycles. The molecule has 0 aromatic heterocycles. The van der Waals surface area contributed by atoms with Gasteiger partial charge in [-0.3, -0.25) is 4.79 Å². The van der Waals surface area contributed by atoms with Gasteiger partial charge in [0, 0.05) is 19.0 Å². The molecule has 1 aliphatic heterocycles. The predicted octanol–water partition coefficient (Wildman–Crippen LogP) is 1.80. The number of piperidine rings is 1. The van der Waals surface area contributed by atoms with Crippen LogP contribution in [0, 0.1) is 11.8 Å². The molecule has 1 amide bonds. The lowest BCUT2D eigenvalue weighted by Gasteiger charge is -2.43. The van der Waals surface area contributed by atoms with E-state index in [1.165, 1.54) is 6.42 Å². The van der Waals surface area contributed by atoms with Gasteiger partial charge in [-0.2, -0.15) is 0 Å². The van der Waals surface area contributed by atoms with Gasteiger partial charge in [-0.05, 0) is 31.6 Å². The van der Waals surface area contributed by atoms with Crippen molar-refractivity contribution in [2.45, 2.75) is 51.6 Å². The summed E-state index contributed by atoms with van der Waals surface area (Å²) in [5.41, 5.74) is -0.655. The van der Waals surface area contributed by atoms with E-state index in [1.54, 1.807) is 0 Å². The first kappa shape index (κ1) is 11.9. The lowest BCUT2D eigenvalue weighted by Crippen LogP contribution is -2.54. The number of amides is 1. The minimum absolute atomic E-state index is 0.226. The van der Waals surface area contributed by atoms with Crippen molar-refractivity contribution in [3.63, 3.8) is 0 Å². The van der Waals surface area contributed by atoms with Crippen LogP contribution in [0.5, 0.6) is 0 Å². The monoisotopic (exact) mass is 225 g/mol. The summed E-state index contributed by atoms with van der Waals surface area (Å²) in [5, 5.41) is 10.4. The largest absolute Gasteiger partial charge is 0.388 e. The van der Waals surface area contributed by atoms with Gasteiger partial charge in [0.2, 0.25) is 5.91 Å². The molecule has 1 N–H and O–H groups in total. The maximum Gasteiger partial charge on any atom is 0.225 e. The standard InChI is InChI=1S/C13H23NO2/c1-10(2)13(16)7-4-8-14(9-13)12(15)11-5-3-6-11/h10-11,16H,3-9H2,1-2H3. The van der Waals surface area contributed by atoms with Crippen molar-refractivity contribution >= 4 is 5.91 Å². The number of hydrogen-bond acceptors (Lipinski definition) is 2. The van der Waals surface area contributed by atoms with Gasteiger partial charge in [0.1, 0.15) is 0 Å². The molecule has 1 aliphatic carbocycles. The quantitative estimate of drug-likeness (QED) is 0.778. The maximum absolute atomic E-state index is 12.1. The van der Waals surface area contributed by atoms with E-state index >= 15 is 0 Å². The Kier molecular flexibility index (Phi) is 3.24. The second-order valence-electron chi connectivity index (χ2n) is 5.75. The Morgan fingerprint density at radius 3 is 2.56 bits per heavy atom. The topological polar surface area (TPSA) is 40.5 Å². The zero-order chi connectivity index (χ0) is 11.8. The van der Waals surface area contributed by atoms with Crippen molar-refractivity contribution < 1.29 is 9.90 Å². The lowest BCUT2D eigenvalue weighted by molar-refractivity contribution is -0.147. The Morgan fingerprint density at radius 2 is 2.06 bits per heavy atom. The van der Waals surface area contributed by atoms with E-state index in [9.17, 15) is 9.90 Å². The fraction of sp³-hybridized carbons (Fsp3) is 0.923. The Labute approximate surface area is 97.8 Å². The van der Waals surface area contributed by atoms with Crippen LogP contribution in [0.15, 0.2) is 0 Å². The maximum atomic E-state index is 12.1. The van der Waals surface area contributed by atoms with E-state index in [0.717, 1.165) is 32.2 Å². The van der Waals surface area contributed by atoms with Gasteiger partial charge in [-0.1, -0.05) is 20.3 Å². The van der Waals surface area contributed by atoms with Crippen molar-refractivity contribution in [2.24, 2.45) is 11.8 Å². The lowest BCUT2D eigenvalue weighted by atomic mass is 9.80. The number of rotatable bonds is 2. The Bertz CT molecular complexity index is 273. The van der Waals surface area contributed by atoms with Crippen molar-refractivity contribution in [3.8, 4) is 0 Å². The summed E-state index contributed by atoms with van der Waals surface area (Å²) < 4.78 is 0. The number of likely N-dealkylation sites (tertiary alicyclic amines) is 1. The number of aliphatic hydroxyl groups is 1. The summed E-state index contributed by atoms with van der Waals surface area (Å²) in [6.45, 7) is 5.46. The fourth-order valence-corrected chi connectivity index (χ4v) is 2.64. The van der Waals surface area contributed by atoms with E-state index in [2.05, 4.69) is 0 Å². The van der Waals surface area contributed by atoms with Crippen LogP contribution in [0.25, 0.3) is 0 Å². The third-order valence-electron chi connectivity index (χ3n) is 4.34. The van der Waals surface area contributed by atoms with E-state index in [4.69, 9.17) is 0 Å². The van der Waals surface area contributed by atoms with Crippen LogP contribution in [-0.4, -0.2) is 34.6 Å². The molecule has 0 bridgehead atoms. The van der Waals surface area contributed by atoms with Crippen LogP contribution in [0.1, 0.15) is 46.0 Å². The number of carbonyl (C=O) groups excluding carboxylic acids is 1. The van der Waals surface area contributed by atoms with Gasteiger partial charge in [-0.15, -0.1) is 0 Å². The highest BCUT2D eigenvalue weighted by Crippen LogP contribution is 2.33. The molecule has 0 radical (unpaired) electrons. The van der Waals surface area contributed by atoms with Crippen molar-refractivity contribution in [3.05, 3.63) is 0 Å². The van der Waals surface area contributed by atoms with E-state index in [-0.39, 0.29) is 17.7 Å². The highest BCUT2D eigenvalue weighted by Gasteiger charge is 2.40. The Balaban J connectivity index is 1.98. The zero-order valence-corrected chi connectivity index (χ0v) is 10.4. The number of β-amino-alcohol motifs (C(OH)–C–C–N with tert-alkyl or cyclic N) is 1. The molecule has 0 aromatic carbocycles. The molecule has 0 spiro atoms. The van der Waals surface area contributed by atoms with Gasteiger partial charge < -0.3 is 10.0 Å². The third kappa shape index (κ3) is 2.10. The first-order valence-electron chi connectivity index (χ1n) is 6.54. The average molecular weight is 225 g/mol. The first-order chi connectivity index (χ1) is 7.53. The van der Waals surface area contributed by atoms with E-state index in [0.29, 0.717) is 6.54 Å². The number of hydrogen-bond donors (Lipinski definition) is 1. The van der Waals surface area contributed by atoms with Crippen molar-refractivity contribution in [1.82, 2.24) is 4.90 Å². The second kappa shape index (κ2) is 4.36. The minimum atomic E-state index is -0.655. The Hall–Kier alpha value is -0.570. The van der Waals surface area contributed by atoms with Crippen molar-refractivity contribution in [2.75, 3.05) is 13.1 Å². The summed E-state index contributed by atoms with van der Waals surface area (Å²) in [4.78, 5) is 14.0. The summed E-state index contributed by atoms with van der Waals surface area (Å²) in [5.74, 6) is 0.768. The van der Waals surface area contributed by atoms with Gasteiger partial charge in [-0.25, -0.2) is 0 Å². The van der Waals surface area contributed by atoms with E-state index in [1.807, 2.05) is 18.7 Å². The molecule has 3 nitrogen and oxygen atoms in total. The minimum Gasteiger partial charge on any atom is -0.388 e. The predicted molar refractivity (Wildman–Crippen MR) is 62.9 cm³/mol. The highest BCUT2D eigenvalue weighted by atomic mass is 16.3. The van der Waals surface area contributed by atoms with Gasteiger partial charge in [0.25, 0.3) is 0 Å². The van der Waals surface area contributed by atoms with Crippen LogP contribution >= 0.6 is 0 Å². The zero-order valence-electron chi connectivity index (χ0n) is 10.4. The summed E-state index contributed by atoms with van der Waals surface area (Å²) in [6, 6.07) is 0. The molecule has 0 aromatic rings. The van der Waals surface area contributed by atoms with Gasteiger partial charge >= 0.3 is 0 Å². The fourth-order valence-electron chi connectivity index (χ4n) is 2.64. The van der Waals surface area contributed by atoms with Crippen LogP contribution in [0.4, 0.5) is 0 Å².